The van der Waals surface area contributed by atoms with Crippen molar-refractivity contribution in [2.24, 2.45) is 21.1 Å². The molecule has 13 nitrogen and oxygen atoms in total. The Labute approximate surface area is 142 Å². The highest BCUT2D eigenvalue weighted by Crippen LogP contribution is 2.19. The van der Waals surface area contributed by atoms with E-state index in [1.54, 1.807) is 0 Å². The largest absolute Gasteiger partial charge is 0.462 e. The fraction of sp³-hybridized carbons (Fsp3) is 0.833. The van der Waals surface area contributed by atoms with Crippen molar-refractivity contribution in [2.75, 3.05) is 52.9 Å². The molecule has 0 aliphatic rings. The van der Waals surface area contributed by atoms with Crippen molar-refractivity contribution in [1.82, 2.24) is 0 Å². The van der Waals surface area contributed by atoms with E-state index in [9.17, 15) is 9.59 Å². The number of amides is 2. The van der Waals surface area contributed by atoms with Crippen LogP contribution in [0, 0.1) is 10.8 Å². The summed E-state index contributed by atoms with van der Waals surface area (Å²) >= 11 is 0. The molecule has 0 aliphatic heterocycles. The number of azo groups is 1. The first-order valence-corrected chi connectivity index (χ1v) is 6.81. The summed E-state index contributed by atoms with van der Waals surface area (Å²) in [5, 5.41) is 74.0. The summed E-state index contributed by atoms with van der Waals surface area (Å²) in [4.78, 5) is 18.8. The van der Waals surface area contributed by atoms with Crippen molar-refractivity contribution in [1.29, 1.82) is 0 Å². The van der Waals surface area contributed by atoms with Crippen LogP contribution in [0.15, 0.2) is 10.2 Å². The third-order valence-corrected chi connectivity index (χ3v) is 3.05. The molecule has 0 atom stereocenters. The molecule has 8 N–H and O–H groups in total. The molecule has 2 amide bonds. The minimum atomic E-state index is -1.62. The van der Waals surface area contributed by atoms with Crippen molar-refractivity contribution < 1.29 is 55.2 Å². The van der Waals surface area contributed by atoms with Crippen LogP contribution in [0.2, 0.25) is 0 Å². The van der Waals surface area contributed by atoms with Crippen LogP contribution in [0.4, 0.5) is 9.59 Å². The van der Waals surface area contributed by atoms with E-state index in [2.05, 4.69) is 10.2 Å². The molecule has 0 spiro atoms. The van der Waals surface area contributed by atoms with Gasteiger partial charge in [0.1, 0.15) is 0 Å². The highest BCUT2D eigenvalue weighted by Gasteiger charge is 2.32. The Balaban J connectivity index is 0. The predicted octanol–water partition coefficient (Wildman–Crippen LogP) is -2.28. The lowest BCUT2D eigenvalue weighted by Crippen LogP contribution is -2.43. The standard InChI is InChI=1S/C10H22O7.C2H2N2O4/c11-1-9(2-12,3-13)7-17-8-10(4-14,5-15)6-16;5-1(6)3-4-2(7)8/h11-16H,1-8H2;(H,5,6)(H,7,8). The molecule has 0 saturated heterocycles. The molecule has 0 fully saturated rings. The molecule has 0 aromatic carbocycles. The average Bonchev–Trinajstić information content (AvgIpc) is 2.62. The van der Waals surface area contributed by atoms with Crippen LogP contribution >= 0.6 is 0 Å². The maximum atomic E-state index is 9.38. The van der Waals surface area contributed by atoms with Gasteiger partial charge in [0.05, 0.1) is 63.7 Å². The second kappa shape index (κ2) is 13.5. The molecular formula is C12H24N2O11. The number of aliphatic hydroxyl groups excluding tert-OH is 6. The minimum Gasteiger partial charge on any atom is -0.462 e. The van der Waals surface area contributed by atoms with E-state index in [1.165, 1.54) is 0 Å². The first kappa shape index (κ1) is 25.5. The Bertz CT molecular complexity index is 355. The fourth-order valence-corrected chi connectivity index (χ4v) is 1.14. The summed E-state index contributed by atoms with van der Waals surface area (Å²) in [5.41, 5.74) is -2.32. The lowest BCUT2D eigenvalue weighted by atomic mass is 9.91. The minimum absolute atomic E-state index is 0.141. The predicted molar refractivity (Wildman–Crippen MR) is 79.1 cm³/mol. The van der Waals surface area contributed by atoms with Gasteiger partial charge in [0.2, 0.25) is 0 Å². The third kappa shape index (κ3) is 10.7. The third-order valence-electron chi connectivity index (χ3n) is 3.05. The Morgan fingerprint density at radius 2 is 0.880 bits per heavy atom. The second-order valence-corrected chi connectivity index (χ2v) is 5.21. The van der Waals surface area contributed by atoms with Gasteiger partial charge in [0.15, 0.2) is 0 Å². The van der Waals surface area contributed by atoms with Gasteiger partial charge in [0.25, 0.3) is 0 Å². The summed E-state index contributed by atoms with van der Waals surface area (Å²) in [6.45, 7) is -3.01. The van der Waals surface area contributed by atoms with Gasteiger partial charge in [-0.3, -0.25) is 0 Å². The van der Waals surface area contributed by atoms with Crippen LogP contribution in [0.5, 0.6) is 0 Å². The Morgan fingerprint density at radius 3 is 1.04 bits per heavy atom. The van der Waals surface area contributed by atoms with Crippen molar-refractivity contribution >= 4 is 12.2 Å². The van der Waals surface area contributed by atoms with Crippen LogP contribution in [0.25, 0.3) is 0 Å². The summed E-state index contributed by atoms with van der Waals surface area (Å²) < 4.78 is 5.15. The molecule has 0 aromatic rings. The van der Waals surface area contributed by atoms with Crippen molar-refractivity contribution in [3.63, 3.8) is 0 Å². The van der Waals surface area contributed by atoms with Gasteiger partial charge in [-0.15, -0.1) is 0 Å². The van der Waals surface area contributed by atoms with Gasteiger partial charge in [-0.25, -0.2) is 9.59 Å². The molecule has 0 bridgehead atoms. The molecule has 148 valence electrons. The van der Waals surface area contributed by atoms with E-state index in [0.717, 1.165) is 0 Å². The van der Waals surface area contributed by atoms with Crippen molar-refractivity contribution in [2.45, 2.75) is 0 Å². The SMILES string of the molecule is O=C(O)N=NC(=O)O.OCC(CO)(CO)COCC(CO)(CO)CO. The summed E-state index contributed by atoms with van der Waals surface area (Å²) in [5.74, 6) is 0. The number of hydrogen-bond donors (Lipinski definition) is 8. The van der Waals surface area contributed by atoms with E-state index < -0.39 is 62.7 Å². The smallest absolute Gasteiger partial charge is 0.450 e. The van der Waals surface area contributed by atoms with Gasteiger partial charge in [-0.2, -0.15) is 0 Å². The van der Waals surface area contributed by atoms with Gasteiger partial charge in [-0.1, -0.05) is 10.2 Å². The second-order valence-electron chi connectivity index (χ2n) is 5.21. The number of carboxylic acid groups (broad SMARTS) is 2. The van der Waals surface area contributed by atoms with E-state index >= 15 is 0 Å². The molecule has 0 heterocycles. The molecule has 0 aliphatic carbocycles. The molecule has 0 aromatic heterocycles. The molecule has 25 heavy (non-hydrogen) atoms. The van der Waals surface area contributed by atoms with Crippen molar-refractivity contribution in [3.05, 3.63) is 0 Å². The lowest BCUT2D eigenvalue weighted by molar-refractivity contribution is -0.103. The number of aliphatic hydroxyl groups is 6. The lowest BCUT2D eigenvalue weighted by Gasteiger charge is -2.31. The number of hydrogen-bond acceptors (Lipinski definition) is 9. The first-order valence-electron chi connectivity index (χ1n) is 6.81. The zero-order chi connectivity index (χ0) is 19.9. The van der Waals surface area contributed by atoms with Gasteiger partial charge >= 0.3 is 12.2 Å². The molecular weight excluding hydrogens is 348 g/mol. The number of rotatable bonds is 10. The molecule has 0 radical (unpaired) electrons. The highest BCUT2D eigenvalue weighted by atomic mass is 16.5. The van der Waals surface area contributed by atoms with Crippen LogP contribution < -0.4 is 0 Å². The fourth-order valence-electron chi connectivity index (χ4n) is 1.14. The quantitative estimate of drug-likeness (QED) is 0.190. The highest BCUT2D eigenvalue weighted by molar-refractivity contribution is 5.70. The van der Waals surface area contributed by atoms with Crippen LogP contribution in [0.1, 0.15) is 0 Å². The van der Waals surface area contributed by atoms with E-state index in [-0.39, 0.29) is 13.2 Å². The molecule has 0 rings (SSSR count). The number of ether oxygens (including phenoxy) is 1. The summed E-state index contributed by atoms with van der Waals surface area (Å²) in [7, 11) is 0. The van der Waals surface area contributed by atoms with Crippen molar-refractivity contribution in [3.8, 4) is 0 Å². The maximum Gasteiger partial charge on any atom is 0.450 e. The number of carbonyl (C=O) groups is 2. The Kier molecular flexibility index (Phi) is 13.8. The molecule has 0 saturated carbocycles. The summed E-state index contributed by atoms with van der Waals surface area (Å²) in [6, 6.07) is 0. The van der Waals surface area contributed by atoms with E-state index in [4.69, 9.17) is 45.6 Å². The molecule has 0 unspecified atom stereocenters. The summed E-state index contributed by atoms with van der Waals surface area (Å²) in [6.07, 6.45) is -3.24. The number of nitrogens with zero attached hydrogens (tertiary/aromatic N) is 2. The Hall–Kier alpha value is -1.74. The van der Waals surface area contributed by atoms with E-state index in [1.807, 2.05) is 0 Å². The van der Waals surface area contributed by atoms with Crippen LogP contribution in [-0.4, -0.2) is 106 Å². The van der Waals surface area contributed by atoms with E-state index in [0.29, 0.717) is 0 Å². The maximum absolute atomic E-state index is 9.38. The zero-order valence-corrected chi connectivity index (χ0v) is 13.4. The first-order chi connectivity index (χ1) is 11.7. The van der Waals surface area contributed by atoms with Gasteiger partial charge < -0.3 is 45.6 Å². The zero-order valence-electron chi connectivity index (χ0n) is 13.4. The van der Waals surface area contributed by atoms with Gasteiger partial charge in [-0.05, 0) is 0 Å². The average molecular weight is 372 g/mol. The van der Waals surface area contributed by atoms with Gasteiger partial charge in [0, 0.05) is 0 Å². The topological polar surface area (TPSA) is 230 Å². The normalized spacial score (nSPS) is 11.9. The molecule has 13 heteroatoms. The Morgan fingerprint density at radius 1 is 0.640 bits per heavy atom. The van der Waals surface area contributed by atoms with Crippen LogP contribution in [0.3, 0.4) is 0 Å². The monoisotopic (exact) mass is 372 g/mol. The van der Waals surface area contributed by atoms with Crippen LogP contribution in [-0.2, 0) is 4.74 Å².